The maximum Gasteiger partial charge on any atom is 0.255 e. The zero-order valence-corrected chi connectivity index (χ0v) is 12.8. The molecule has 1 saturated carbocycles. The molecule has 104 valence electrons. The van der Waals surface area contributed by atoms with Crippen LogP contribution in [-0.2, 0) is 4.74 Å². The molecule has 1 amide bonds. The minimum atomic E-state index is 0.0327. The van der Waals surface area contributed by atoms with Gasteiger partial charge in [0.25, 0.3) is 5.91 Å². The van der Waals surface area contributed by atoms with E-state index in [1.54, 1.807) is 20.3 Å². The first-order chi connectivity index (χ1) is 9.17. The van der Waals surface area contributed by atoms with E-state index in [1.807, 2.05) is 17.0 Å². The maximum atomic E-state index is 12.6. The molecule has 4 nitrogen and oxygen atoms in total. The fraction of sp³-hybridized carbons (Fsp3) is 0.500. The highest BCUT2D eigenvalue weighted by Gasteiger charge is 2.33. The number of ether oxygens (including phenoxy) is 2. The molecular formula is C14H18BrNO3. The summed E-state index contributed by atoms with van der Waals surface area (Å²) in [6.07, 6.45) is 2.16. The van der Waals surface area contributed by atoms with Crippen LogP contribution in [0.1, 0.15) is 23.2 Å². The molecule has 1 aliphatic rings. The monoisotopic (exact) mass is 327 g/mol. The van der Waals surface area contributed by atoms with Gasteiger partial charge in [0.05, 0.1) is 19.3 Å². The highest BCUT2D eigenvalue weighted by Crippen LogP contribution is 2.30. The Hall–Kier alpha value is -1.07. The zero-order chi connectivity index (χ0) is 13.8. The molecule has 0 heterocycles. The first-order valence-electron chi connectivity index (χ1n) is 6.30. The van der Waals surface area contributed by atoms with E-state index < -0.39 is 0 Å². The molecule has 0 atom stereocenters. The Bertz CT molecular complexity index is 460. The standard InChI is InChI=1S/C14H18BrNO3/c1-18-8-7-16(10-3-4-10)14(17)12-9-11(19-2)5-6-13(12)15/h5-6,9-10H,3-4,7-8H2,1-2H3. The lowest BCUT2D eigenvalue weighted by molar-refractivity contribution is 0.0679. The van der Waals surface area contributed by atoms with Crippen LogP contribution in [0, 0.1) is 0 Å². The molecule has 0 aromatic heterocycles. The molecule has 1 aromatic rings. The van der Waals surface area contributed by atoms with Gasteiger partial charge in [-0.2, -0.15) is 0 Å². The second kappa shape index (κ2) is 6.39. The van der Waals surface area contributed by atoms with E-state index in [0.717, 1.165) is 17.3 Å². The van der Waals surface area contributed by atoms with Gasteiger partial charge in [0.1, 0.15) is 5.75 Å². The number of hydrogen-bond donors (Lipinski definition) is 0. The number of methoxy groups -OCH3 is 2. The molecule has 0 N–H and O–H groups in total. The van der Waals surface area contributed by atoms with Crippen molar-refractivity contribution in [3.05, 3.63) is 28.2 Å². The Morgan fingerprint density at radius 1 is 1.42 bits per heavy atom. The molecular weight excluding hydrogens is 310 g/mol. The summed E-state index contributed by atoms with van der Waals surface area (Å²) in [7, 11) is 3.25. The van der Waals surface area contributed by atoms with Gasteiger partial charge in [0.15, 0.2) is 0 Å². The smallest absolute Gasteiger partial charge is 0.255 e. The number of carbonyl (C=O) groups excluding carboxylic acids is 1. The van der Waals surface area contributed by atoms with Gasteiger partial charge < -0.3 is 14.4 Å². The summed E-state index contributed by atoms with van der Waals surface area (Å²) in [5.41, 5.74) is 0.641. The summed E-state index contributed by atoms with van der Waals surface area (Å²) in [5.74, 6) is 0.722. The van der Waals surface area contributed by atoms with E-state index in [0.29, 0.717) is 30.5 Å². The van der Waals surface area contributed by atoms with Crippen molar-refractivity contribution in [2.24, 2.45) is 0 Å². The number of nitrogens with zero attached hydrogens (tertiary/aromatic N) is 1. The number of benzene rings is 1. The van der Waals surface area contributed by atoms with E-state index >= 15 is 0 Å². The Morgan fingerprint density at radius 2 is 2.16 bits per heavy atom. The molecule has 2 rings (SSSR count). The third-order valence-corrected chi connectivity index (χ3v) is 3.88. The van der Waals surface area contributed by atoms with Crippen LogP contribution in [0.15, 0.2) is 22.7 Å². The second-order valence-corrected chi connectivity index (χ2v) is 5.42. The van der Waals surface area contributed by atoms with Crippen LogP contribution in [0.25, 0.3) is 0 Å². The number of hydrogen-bond acceptors (Lipinski definition) is 3. The van der Waals surface area contributed by atoms with Gasteiger partial charge in [-0.3, -0.25) is 4.79 Å². The van der Waals surface area contributed by atoms with Crippen molar-refractivity contribution >= 4 is 21.8 Å². The van der Waals surface area contributed by atoms with Crippen LogP contribution in [-0.4, -0.2) is 44.2 Å². The van der Waals surface area contributed by atoms with Gasteiger partial charge in [0.2, 0.25) is 0 Å². The van der Waals surface area contributed by atoms with E-state index in [9.17, 15) is 4.79 Å². The summed E-state index contributed by atoms with van der Waals surface area (Å²) < 4.78 is 11.1. The van der Waals surface area contributed by atoms with Crippen molar-refractivity contribution in [2.75, 3.05) is 27.4 Å². The van der Waals surface area contributed by atoms with Crippen molar-refractivity contribution in [2.45, 2.75) is 18.9 Å². The summed E-state index contributed by atoms with van der Waals surface area (Å²) in [5, 5.41) is 0. The Balaban J connectivity index is 2.20. The second-order valence-electron chi connectivity index (χ2n) is 4.57. The van der Waals surface area contributed by atoms with Crippen LogP contribution in [0.5, 0.6) is 5.75 Å². The lowest BCUT2D eigenvalue weighted by Crippen LogP contribution is -2.36. The van der Waals surface area contributed by atoms with Gasteiger partial charge in [-0.05, 0) is 47.0 Å². The van der Waals surface area contributed by atoms with Crippen molar-refractivity contribution in [1.29, 1.82) is 0 Å². The van der Waals surface area contributed by atoms with Gasteiger partial charge in [0, 0.05) is 24.2 Å². The fourth-order valence-electron chi connectivity index (χ4n) is 1.98. The third-order valence-electron chi connectivity index (χ3n) is 3.19. The lowest BCUT2D eigenvalue weighted by atomic mass is 10.2. The van der Waals surface area contributed by atoms with Gasteiger partial charge >= 0.3 is 0 Å². The average molecular weight is 328 g/mol. The maximum absolute atomic E-state index is 12.6. The molecule has 19 heavy (non-hydrogen) atoms. The largest absolute Gasteiger partial charge is 0.497 e. The predicted molar refractivity (Wildman–Crippen MR) is 76.6 cm³/mol. The number of rotatable bonds is 6. The SMILES string of the molecule is COCCN(C(=O)c1cc(OC)ccc1Br)C1CC1. The first-order valence-corrected chi connectivity index (χ1v) is 7.10. The van der Waals surface area contributed by atoms with E-state index in [-0.39, 0.29) is 5.91 Å². The van der Waals surface area contributed by atoms with Crippen LogP contribution in [0.4, 0.5) is 0 Å². The molecule has 0 unspecified atom stereocenters. The van der Waals surface area contributed by atoms with Crippen molar-refractivity contribution in [1.82, 2.24) is 4.90 Å². The molecule has 1 fully saturated rings. The Kier molecular flexibility index (Phi) is 4.82. The third kappa shape index (κ3) is 3.48. The Morgan fingerprint density at radius 3 is 2.74 bits per heavy atom. The molecule has 0 spiro atoms. The topological polar surface area (TPSA) is 38.8 Å². The van der Waals surface area contributed by atoms with Crippen LogP contribution < -0.4 is 4.74 Å². The highest BCUT2D eigenvalue weighted by atomic mass is 79.9. The van der Waals surface area contributed by atoms with E-state index in [2.05, 4.69) is 15.9 Å². The molecule has 5 heteroatoms. The van der Waals surface area contributed by atoms with Gasteiger partial charge in [-0.25, -0.2) is 0 Å². The van der Waals surface area contributed by atoms with Gasteiger partial charge in [-0.15, -0.1) is 0 Å². The zero-order valence-electron chi connectivity index (χ0n) is 11.2. The predicted octanol–water partition coefficient (Wildman–Crippen LogP) is 2.71. The Labute approximate surface area is 121 Å². The average Bonchev–Trinajstić information content (AvgIpc) is 3.24. The van der Waals surface area contributed by atoms with Crippen molar-refractivity contribution in [3.63, 3.8) is 0 Å². The minimum Gasteiger partial charge on any atom is -0.497 e. The summed E-state index contributed by atoms with van der Waals surface area (Å²) in [4.78, 5) is 14.5. The molecule has 1 aliphatic carbocycles. The highest BCUT2D eigenvalue weighted by molar-refractivity contribution is 9.10. The fourth-order valence-corrected chi connectivity index (χ4v) is 2.39. The summed E-state index contributed by atoms with van der Waals surface area (Å²) >= 11 is 3.43. The van der Waals surface area contributed by atoms with Crippen molar-refractivity contribution < 1.29 is 14.3 Å². The van der Waals surface area contributed by atoms with E-state index in [1.165, 1.54) is 0 Å². The summed E-state index contributed by atoms with van der Waals surface area (Å²) in [6, 6.07) is 5.81. The van der Waals surface area contributed by atoms with Gasteiger partial charge in [-0.1, -0.05) is 0 Å². The molecule has 0 radical (unpaired) electrons. The minimum absolute atomic E-state index is 0.0327. The lowest BCUT2D eigenvalue weighted by Gasteiger charge is -2.22. The van der Waals surface area contributed by atoms with Crippen LogP contribution >= 0.6 is 15.9 Å². The number of carbonyl (C=O) groups is 1. The molecule has 0 aliphatic heterocycles. The molecule has 0 bridgehead atoms. The molecule has 1 aromatic carbocycles. The van der Waals surface area contributed by atoms with E-state index in [4.69, 9.17) is 9.47 Å². The van der Waals surface area contributed by atoms with Crippen LogP contribution in [0.3, 0.4) is 0 Å². The van der Waals surface area contributed by atoms with Crippen LogP contribution in [0.2, 0.25) is 0 Å². The normalized spacial score (nSPS) is 14.3. The quantitative estimate of drug-likeness (QED) is 0.806. The first kappa shape index (κ1) is 14.3. The van der Waals surface area contributed by atoms with Crippen molar-refractivity contribution in [3.8, 4) is 5.75 Å². The summed E-state index contributed by atoms with van der Waals surface area (Å²) in [6.45, 7) is 1.19. The number of amides is 1. The number of halogens is 1. The molecule has 0 saturated heterocycles.